The topological polar surface area (TPSA) is 80.5 Å². The highest BCUT2D eigenvalue weighted by Gasteiger charge is 2.37. The SMILES string of the molecule is NC(=O)CC1CCCN1S(=O)(=O)c1ccccc1F. The van der Waals surface area contributed by atoms with Crippen molar-refractivity contribution in [1.82, 2.24) is 4.31 Å². The molecule has 0 aliphatic carbocycles. The summed E-state index contributed by atoms with van der Waals surface area (Å²) in [6.07, 6.45) is 1.18. The Balaban J connectivity index is 2.34. The lowest BCUT2D eigenvalue weighted by Crippen LogP contribution is -2.38. The molecular formula is C12H15FN2O3S. The van der Waals surface area contributed by atoms with Crippen LogP contribution in [0, 0.1) is 5.82 Å². The van der Waals surface area contributed by atoms with Gasteiger partial charge in [0.25, 0.3) is 0 Å². The van der Waals surface area contributed by atoms with Gasteiger partial charge in [-0.15, -0.1) is 0 Å². The number of hydrogen-bond donors (Lipinski definition) is 1. The van der Waals surface area contributed by atoms with E-state index in [4.69, 9.17) is 5.73 Å². The molecule has 0 aromatic heterocycles. The normalized spacial score (nSPS) is 20.6. The lowest BCUT2D eigenvalue weighted by atomic mass is 10.1. The minimum atomic E-state index is -3.91. The van der Waals surface area contributed by atoms with Gasteiger partial charge in [0, 0.05) is 19.0 Å². The number of sulfonamides is 1. The molecule has 1 unspecified atom stereocenters. The number of nitrogens with two attached hydrogens (primary N) is 1. The molecule has 0 bridgehead atoms. The molecule has 1 aliphatic heterocycles. The van der Waals surface area contributed by atoms with E-state index in [0.29, 0.717) is 12.8 Å². The molecule has 1 atom stereocenters. The van der Waals surface area contributed by atoms with Gasteiger partial charge in [0.05, 0.1) is 0 Å². The zero-order valence-corrected chi connectivity index (χ0v) is 11.1. The fourth-order valence-corrected chi connectivity index (χ4v) is 4.10. The van der Waals surface area contributed by atoms with Crippen molar-refractivity contribution in [3.63, 3.8) is 0 Å². The molecule has 1 amide bonds. The maximum atomic E-state index is 13.6. The minimum absolute atomic E-state index is 0.0340. The Morgan fingerprint density at radius 2 is 2.11 bits per heavy atom. The maximum Gasteiger partial charge on any atom is 0.246 e. The summed E-state index contributed by atoms with van der Waals surface area (Å²) in [5, 5.41) is 0. The highest BCUT2D eigenvalue weighted by Crippen LogP contribution is 2.28. The zero-order chi connectivity index (χ0) is 14.0. The zero-order valence-electron chi connectivity index (χ0n) is 10.3. The molecule has 19 heavy (non-hydrogen) atoms. The van der Waals surface area contributed by atoms with Crippen molar-refractivity contribution in [3.8, 4) is 0 Å². The van der Waals surface area contributed by atoms with Crippen LogP contribution in [0.4, 0.5) is 4.39 Å². The number of nitrogens with zero attached hydrogens (tertiary/aromatic N) is 1. The molecule has 1 heterocycles. The van der Waals surface area contributed by atoms with Gasteiger partial charge in [0.15, 0.2) is 0 Å². The first-order valence-electron chi connectivity index (χ1n) is 5.97. The van der Waals surface area contributed by atoms with Crippen LogP contribution in [-0.4, -0.2) is 31.2 Å². The molecule has 1 fully saturated rings. The third kappa shape index (κ3) is 2.76. The summed E-state index contributed by atoms with van der Waals surface area (Å²) in [5.74, 6) is -1.34. The van der Waals surface area contributed by atoms with Gasteiger partial charge in [-0.1, -0.05) is 12.1 Å². The van der Waals surface area contributed by atoms with Crippen LogP contribution >= 0.6 is 0 Å². The summed E-state index contributed by atoms with van der Waals surface area (Å²) in [7, 11) is -3.91. The summed E-state index contributed by atoms with van der Waals surface area (Å²) in [6.45, 7) is 0.286. The number of hydrogen-bond acceptors (Lipinski definition) is 3. The Morgan fingerprint density at radius 1 is 1.42 bits per heavy atom. The second-order valence-electron chi connectivity index (χ2n) is 4.51. The van der Waals surface area contributed by atoms with E-state index in [2.05, 4.69) is 0 Å². The summed E-state index contributed by atoms with van der Waals surface area (Å²) >= 11 is 0. The van der Waals surface area contributed by atoms with Gasteiger partial charge in [-0.3, -0.25) is 4.79 Å². The van der Waals surface area contributed by atoms with Crippen LogP contribution in [0.2, 0.25) is 0 Å². The van der Waals surface area contributed by atoms with E-state index in [1.54, 1.807) is 0 Å². The molecule has 2 rings (SSSR count). The van der Waals surface area contributed by atoms with Crippen LogP contribution in [0.15, 0.2) is 29.2 Å². The Morgan fingerprint density at radius 3 is 2.74 bits per heavy atom. The number of rotatable bonds is 4. The van der Waals surface area contributed by atoms with Gasteiger partial charge in [-0.05, 0) is 25.0 Å². The molecule has 0 radical (unpaired) electrons. The summed E-state index contributed by atoms with van der Waals surface area (Å²) in [4.78, 5) is 10.6. The molecule has 1 aliphatic rings. The van der Waals surface area contributed by atoms with Crippen molar-refractivity contribution >= 4 is 15.9 Å². The molecule has 2 N–H and O–H groups in total. The van der Waals surface area contributed by atoms with Crippen LogP contribution in [0.3, 0.4) is 0 Å². The third-order valence-corrected chi connectivity index (χ3v) is 5.17. The van der Waals surface area contributed by atoms with Crippen LogP contribution in [0.25, 0.3) is 0 Å². The van der Waals surface area contributed by atoms with Crippen LogP contribution in [0.5, 0.6) is 0 Å². The minimum Gasteiger partial charge on any atom is -0.370 e. The van der Waals surface area contributed by atoms with E-state index in [1.807, 2.05) is 0 Å². The average molecular weight is 286 g/mol. The lowest BCUT2D eigenvalue weighted by molar-refractivity contribution is -0.118. The first kappa shape index (κ1) is 14.0. The first-order valence-corrected chi connectivity index (χ1v) is 7.41. The molecular weight excluding hydrogens is 271 g/mol. The largest absolute Gasteiger partial charge is 0.370 e. The van der Waals surface area contributed by atoms with Crippen molar-refractivity contribution in [2.24, 2.45) is 5.73 Å². The molecule has 0 saturated carbocycles. The van der Waals surface area contributed by atoms with E-state index in [-0.39, 0.29) is 17.9 Å². The number of halogens is 1. The third-order valence-electron chi connectivity index (χ3n) is 3.18. The van der Waals surface area contributed by atoms with Gasteiger partial charge in [-0.25, -0.2) is 12.8 Å². The quantitative estimate of drug-likeness (QED) is 0.891. The molecule has 5 nitrogen and oxygen atoms in total. The fraction of sp³-hybridized carbons (Fsp3) is 0.417. The van der Waals surface area contributed by atoms with Crippen molar-refractivity contribution in [2.45, 2.75) is 30.2 Å². The fourth-order valence-electron chi connectivity index (χ4n) is 2.34. The second kappa shape index (κ2) is 5.26. The van der Waals surface area contributed by atoms with Crippen LogP contribution < -0.4 is 5.73 Å². The van der Waals surface area contributed by atoms with Gasteiger partial charge in [-0.2, -0.15) is 4.31 Å². The number of carbonyl (C=O) groups is 1. The summed E-state index contributed by atoms with van der Waals surface area (Å²) in [6, 6.07) is 4.76. The number of amides is 1. The van der Waals surface area contributed by atoms with Crippen molar-refractivity contribution in [2.75, 3.05) is 6.54 Å². The van der Waals surface area contributed by atoms with Gasteiger partial charge in [0.2, 0.25) is 15.9 Å². The van der Waals surface area contributed by atoms with Crippen molar-refractivity contribution < 1.29 is 17.6 Å². The molecule has 0 spiro atoms. The number of primary amides is 1. The highest BCUT2D eigenvalue weighted by molar-refractivity contribution is 7.89. The smallest absolute Gasteiger partial charge is 0.246 e. The van der Waals surface area contributed by atoms with Crippen LogP contribution in [0.1, 0.15) is 19.3 Å². The predicted molar refractivity (Wildman–Crippen MR) is 67.1 cm³/mol. The van der Waals surface area contributed by atoms with E-state index >= 15 is 0 Å². The second-order valence-corrected chi connectivity index (χ2v) is 6.37. The lowest BCUT2D eigenvalue weighted by Gasteiger charge is -2.23. The molecule has 7 heteroatoms. The highest BCUT2D eigenvalue weighted by atomic mass is 32.2. The Hall–Kier alpha value is -1.47. The monoisotopic (exact) mass is 286 g/mol. The standard InChI is InChI=1S/C12H15FN2O3S/c13-10-5-1-2-6-11(10)19(17,18)15-7-3-4-9(15)8-12(14)16/h1-2,5-6,9H,3-4,7-8H2,(H2,14,16). The van der Waals surface area contributed by atoms with Crippen molar-refractivity contribution in [3.05, 3.63) is 30.1 Å². The number of benzene rings is 1. The van der Waals surface area contributed by atoms with Gasteiger partial charge >= 0.3 is 0 Å². The molecule has 1 aromatic rings. The summed E-state index contributed by atoms with van der Waals surface area (Å²) in [5.41, 5.74) is 5.11. The predicted octanol–water partition coefficient (Wildman–Crippen LogP) is 0.854. The Kier molecular flexibility index (Phi) is 3.86. The molecule has 104 valence electrons. The van der Waals surface area contributed by atoms with E-state index in [0.717, 1.165) is 6.07 Å². The van der Waals surface area contributed by atoms with Gasteiger partial charge in [0.1, 0.15) is 10.7 Å². The van der Waals surface area contributed by atoms with E-state index < -0.39 is 27.8 Å². The van der Waals surface area contributed by atoms with E-state index in [1.165, 1.54) is 22.5 Å². The summed E-state index contributed by atoms with van der Waals surface area (Å²) < 4.78 is 39.6. The Bertz CT molecular complexity index is 588. The average Bonchev–Trinajstić information content (AvgIpc) is 2.77. The van der Waals surface area contributed by atoms with Gasteiger partial charge < -0.3 is 5.73 Å². The van der Waals surface area contributed by atoms with E-state index in [9.17, 15) is 17.6 Å². The first-order chi connectivity index (χ1) is 8.93. The Labute approximate surface area is 111 Å². The molecule has 1 saturated heterocycles. The number of carbonyl (C=O) groups excluding carboxylic acids is 1. The maximum absolute atomic E-state index is 13.6. The molecule has 1 aromatic carbocycles. The van der Waals surface area contributed by atoms with Crippen LogP contribution in [-0.2, 0) is 14.8 Å². The van der Waals surface area contributed by atoms with Crippen molar-refractivity contribution in [1.29, 1.82) is 0 Å².